The minimum atomic E-state index is -0.271. The molecule has 29 heavy (non-hydrogen) atoms. The Morgan fingerprint density at radius 1 is 1.14 bits per heavy atom. The smallest absolute Gasteiger partial charge is 0.271 e. The van der Waals surface area contributed by atoms with Gasteiger partial charge in [0.1, 0.15) is 12.0 Å². The van der Waals surface area contributed by atoms with E-state index in [2.05, 4.69) is 27.5 Å². The van der Waals surface area contributed by atoms with E-state index in [1.807, 2.05) is 24.3 Å². The molecule has 0 saturated carbocycles. The van der Waals surface area contributed by atoms with Gasteiger partial charge >= 0.3 is 0 Å². The Morgan fingerprint density at radius 2 is 1.97 bits per heavy atom. The van der Waals surface area contributed by atoms with Crippen LogP contribution < -0.4 is 16.4 Å². The van der Waals surface area contributed by atoms with E-state index in [0.717, 1.165) is 11.3 Å². The number of hydrogen-bond acceptors (Lipinski definition) is 4. The van der Waals surface area contributed by atoms with Crippen molar-refractivity contribution in [1.29, 1.82) is 0 Å². The van der Waals surface area contributed by atoms with E-state index in [4.69, 9.17) is 5.73 Å². The van der Waals surface area contributed by atoms with Crippen LogP contribution in [-0.4, -0.2) is 35.0 Å². The molecular formula is C22H21N5O2. The molecule has 1 aromatic heterocycles. The number of anilines is 1. The molecule has 146 valence electrons. The summed E-state index contributed by atoms with van der Waals surface area (Å²) in [6.45, 7) is 0.515. The van der Waals surface area contributed by atoms with E-state index in [1.54, 1.807) is 42.1 Å². The standard InChI is InChI=1S/C22H21N5O2/c1-24-22(29)20-14-27(15-25-20)19-10-5-8-17(13-19)21(28)26-18-9-4-7-16(12-18)6-2-3-11-23/h4-5,7-10,12-15H,3,11,23H2,1H3,(H,24,29)(H,26,28). The Morgan fingerprint density at radius 3 is 2.76 bits per heavy atom. The van der Waals surface area contributed by atoms with Crippen molar-refractivity contribution in [2.75, 3.05) is 18.9 Å². The number of hydrogen-bond donors (Lipinski definition) is 3. The highest BCUT2D eigenvalue weighted by Crippen LogP contribution is 2.15. The largest absolute Gasteiger partial charge is 0.354 e. The number of aromatic nitrogens is 2. The number of carbonyl (C=O) groups is 2. The predicted octanol–water partition coefficient (Wildman–Crippen LogP) is 2.18. The maximum atomic E-state index is 12.7. The fourth-order valence-electron chi connectivity index (χ4n) is 2.63. The first-order valence-corrected chi connectivity index (χ1v) is 9.07. The Labute approximate surface area is 169 Å². The lowest BCUT2D eigenvalue weighted by molar-refractivity contribution is 0.0957. The highest BCUT2D eigenvalue weighted by molar-refractivity contribution is 6.04. The summed E-state index contributed by atoms with van der Waals surface area (Å²) in [7, 11) is 1.55. The van der Waals surface area contributed by atoms with E-state index < -0.39 is 0 Å². The lowest BCUT2D eigenvalue weighted by Gasteiger charge is -2.08. The molecule has 7 nitrogen and oxygen atoms in total. The molecule has 3 rings (SSSR count). The second-order valence-corrected chi connectivity index (χ2v) is 6.17. The van der Waals surface area contributed by atoms with Crippen LogP contribution in [-0.2, 0) is 0 Å². The molecule has 0 unspecified atom stereocenters. The van der Waals surface area contributed by atoms with Crippen LogP contribution in [0.4, 0.5) is 5.69 Å². The SMILES string of the molecule is CNC(=O)c1cn(-c2cccc(C(=O)Nc3cccc(C#CCCN)c3)c2)cn1. The zero-order chi connectivity index (χ0) is 20.6. The van der Waals surface area contributed by atoms with Gasteiger partial charge in [0, 0.05) is 48.7 Å². The van der Waals surface area contributed by atoms with Gasteiger partial charge in [-0.1, -0.05) is 24.0 Å². The van der Waals surface area contributed by atoms with Gasteiger partial charge in [-0.3, -0.25) is 9.59 Å². The number of amides is 2. The third kappa shape index (κ3) is 5.09. The van der Waals surface area contributed by atoms with Gasteiger partial charge in [-0.2, -0.15) is 0 Å². The van der Waals surface area contributed by atoms with Crippen molar-refractivity contribution in [2.24, 2.45) is 5.73 Å². The Hall–Kier alpha value is -3.89. The van der Waals surface area contributed by atoms with Gasteiger partial charge in [0.15, 0.2) is 0 Å². The number of carbonyl (C=O) groups excluding carboxylic acids is 2. The second-order valence-electron chi connectivity index (χ2n) is 6.17. The average molecular weight is 387 g/mol. The van der Waals surface area contributed by atoms with Gasteiger partial charge in [0.25, 0.3) is 11.8 Å². The van der Waals surface area contributed by atoms with Gasteiger partial charge in [0.2, 0.25) is 0 Å². The molecule has 0 saturated heterocycles. The molecule has 2 aromatic carbocycles. The van der Waals surface area contributed by atoms with E-state index in [1.165, 1.54) is 6.33 Å². The van der Waals surface area contributed by atoms with Crippen LogP contribution in [0, 0.1) is 11.8 Å². The summed E-state index contributed by atoms with van der Waals surface area (Å²) in [5.74, 6) is 5.48. The topological polar surface area (TPSA) is 102 Å². The first-order chi connectivity index (χ1) is 14.1. The van der Waals surface area contributed by atoms with Gasteiger partial charge in [-0.25, -0.2) is 4.98 Å². The summed E-state index contributed by atoms with van der Waals surface area (Å²) < 4.78 is 1.69. The number of imidazole rings is 1. The molecule has 2 amide bonds. The highest BCUT2D eigenvalue weighted by Gasteiger charge is 2.10. The van der Waals surface area contributed by atoms with Crippen LogP contribution >= 0.6 is 0 Å². The van der Waals surface area contributed by atoms with Crippen molar-refractivity contribution in [3.63, 3.8) is 0 Å². The minimum Gasteiger partial charge on any atom is -0.354 e. The molecule has 0 aliphatic carbocycles. The van der Waals surface area contributed by atoms with Crippen LogP contribution in [0.3, 0.4) is 0 Å². The molecule has 0 bridgehead atoms. The van der Waals surface area contributed by atoms with Crippen LogP contribution in [0.15, 0.2) is 61.1 Å². The number of benzene rings is 2. The molecular weight excluding hydrogens is 366 g/mol. The number of nitrogens with two attached hydrogens (primary N) is 1. The number of nitrogens with zero attached hydrogens (tertiary/aromatic N) is 2. The number of rotatable bonds is 5. The molecule has 0 aliphatic rings. The normalized spacial score (nSPS) is 10.0. The Kier molecular flexibility index (Phi) is 6.40. The van der Waals surface area contributed by atoms with E-state index in [-0.39, 0.29) is 11.8 Å². The first-order valence-electron chi connectivity index (χ1n) is 9.07. The monoisotopic (exact) mass is 387 g/mol. The molecule has 0 atom stereocenters. The second kappa shape index (κ2) is 9.35. The third-order valence-corrected chi connectivity index (χ3v) is 4.07. The van der Waals surface area contributed by atoms with Crippen molar-refractivity contribution in [3.05, 3.63) is 77.9 Å². The summed E-state index contributed by atoms with van der Waals surface area (Å²) >= 11 is 0. The van der Waals surface area contributed by atoms with Crippen LogP contribution in [0.1, 0.15) is 32.8 Å². The molecule has 1 heterocycles. The summed E-state index contributed by atoms with van der Waals surface area (Å²) in [6, 6.07) is 14.4. The molecule has 3 aromatic rings. The zero-order valence-electron chi connectivity index (χ0n) is 16.0. The fraction of sp³-hybridized carbons (Fsp3) is 0.136. The lowest BCUT2D eigenvalue weighted by Crippen LogP contribution is -2.18. The van der Waals surface area contributed by atoms with Crippen LogP contribution in [0.25, 0.3) is 5.69 Å². The van der Waals surface area contributed by atoms with Crippen molar-refractivity contribution < 1.29 is 9.59 Å². The minimum absolute atomic E-state index is 0.245. The fourth-order valence-corrected chi connectivity index (χ4v) is 2.63. The van der Waals surface area contributed by atoms with Gasteiger partial charge < -0.3 is 20.9 Å². The summed E-state index contributed by atoms with van der Waals surface area (Å²) in [6.07, 6.45) is 3.77. The quantitative estimate of drug-likeness (QED) is 0.584. The molecule has 7 heteroatoms. The van der Waals surface area contributed by atoms with Crippen LogP contribution in [0.2, 0.25) is 0 Å². The summed E-state index contributed by atoms with van der Waals surface area (Å²) in [4.78, 5) is 28.4. The zero-order valence-corrected chi connectivity index (χ0v) is 16.0. The lowest BCUT2D eigenvalue weighted by atomic mass is 10.1. The Bertz CT molecular complexity index is 1090. The third-order valence-electron chi connectivity index (χ3n) is 4.07. The summed E-state index contributed by atoms with van der Waals surface area (Å²) in [5, 5.41) is 5.41. The molecule has 0 radical (unpaired) electrons. The van der Waals surface area contributed by atoms with E-state index >= 15 is 0 Å². The van der Waals surface area contributed by atoms with E-state index in [9.17, 15) is 9.59 Å². The summed E-state index contributed by atoms with van der Waals surface area (Å²) in [5.41, 5.74) is 8.42. The average Bonchev–Trinajstić information content (AvgIpc) is 3.24. The van der Waals surface area contributed by atoms with Crippen molar-refractivity contribution in [3.8, 4) is 17.5 Å². The predicted molar refractivity (Wildman–Crippen MR) is 112 cm³/mol. The maximum absolute atomic E-state index is 12.7. The van der Waals surface area contributed by atoms with Crippen molar-refractivity contribution in [1.82, 2.24) is 14.9 Å². The van der Waals surface area contributed by atoms with Gasteiger partial charge in [-0.05, 0) is 36.4 Å². The first kappa shape index (κ1) is 19.9. The van der Waals surface area contributed by atoms with Crippen molar-refractivity contribution >= 4 is 17.5 Å². The maximum Gasteiger partial charge on any atom is 0.271 e. The molecule has 4 N–H and O–H groups in total. The number of nitrogens with one attached hydrogen (secondary N) is 2. The van der Waals surface area contributed by atoms with Gasteiger partial charge in [-0.15, -0.1) is 0 Å². The molecule has 0 spiro atoms. The van der Waals surface area contributed by atoms with Gasteiger partial charge in [0.05, 0.1) is 0 Å². The highest BCUT2D eigenvalue weighted by atomic mass is 16.2. The van der Waals surface area contributed by atoms with Crippen LogP contribution in [0.5, 0.6) is 0 Å². The molecule has 0 aliphatic heterocycles. The Balaban J connectivity index is 1.76. The van der Waals surface area contributed by atoms with Crippen molar-refractivity contribution in [2.45, 2.75) is 6.42 Å². The van der Waals surface area contributed by atoms with E-state index in [0.29, 0.717) is 29.9 Å². The molecule has 0 fully saturated rings.